The van der Waals surface area contributed by atoms with Gasteiger partial charge >= 0.3 is 13.7 Å². The Morgan fingerprint density at radius 1 is 0.311 bits per heavy atom. The molecule has 0 saturated carbocycles. The first-order valence-electron chi connectivity index (χ1n) is 25.8. The standard InChI is InChI=1S/C66H32B2N4O2/c1-9-27-47-33(15-1)35-21-13-23-41-57-59-63-53(55-39-19-5-11-29-51(39)73-65(55)57)37-17-3-7-25-45(37)69(63)49-32-50-44(31-43(49)67(59)71(47)61(35)41)68-60-58(42-24-14-22-36-34-16-2-10-28-48(34)72(68)62(36)42)66-56(40-20-6-12-30-52(40)74-66)54-38-18-4-8-26-46(38)70(50)64(54)60/h1-32H. The third-order valence-corrected chi connectivity index (χ3v) is 18.3. The minimum absolute atomic E-state index is 0.183. The van der Waals surface area contributed by atoms with Gasteiger partial charge in [0, 0.05) is 120 Å². The van der Waals surface area contributed by atoms with E-state index in [9.17, 15) is 0 Å². The molecule has 4 aliphatic heterocycles. The minimum atomic E-state index is -0.183. The fraction of sp³-hybridized carbons (Fsp3) is 0. The summed E-state index contributed by atoms with van der Waals surface area (Å²) in [7, 11) is 0. The monoisotopic (exact) mass is 934 g/mol. The third kappa shape index (κ3) is 3.69. The zero-order chi connectivity index (χ0) is 47.1. The van der Waals surface area contributed by atoms with Crippen molar-refractivity contribution in [2.45, 2.75) is 0 Å². The summed E-state index contributed by atoms with van der Waals surface area (Å²) in [6.07, 6.45) is 0. The molecule has 0 aliphatic carbocycles. The number of nitrogens with zero attached hydrogens (tertiary/aromatic N) is 4. The molecule has 21 rings (SSSR count). The average molecular weight is 935 g/mol. The summed E-state index contributed by atoms with van der Waals surface area (Å²) < 4.78 is 25.2. The summed E-state index contributed by atoms with van der Waals surface area (Å²) in [6.45, 7) is -0.367. The van der Waals surface area contributed by atoms with Crippen molar-refractivity contribution in [3.05, 3.63) is 194 Å². The molecule has 6 aromatic heterocycles. The van der Waals surface area contributed by atoms with Crippen LogP contribution >= 0.6 is 0 Å². The molecule has 0 N–H and O–H groups in total. The van der Waals surface area contributed by atoms with E-state index >= 15 is 0 Å². The SMILES string of the molecule is c1ccc2c(c1)oc1c3c4c5c(c6ccccc6n5-c5cc6c(cc5B4n4c5ccccc5c5cccc-3c54)B3c4c(c5oc7ccccc7c5c5c7ccccc7n-6c45)-c4cccc5c6ccccc6n3c45)c12. The Morgan fingerprint density at radius 3 is 1.18 bits per heavy atom. The molecular formula is C66H32B2N4O2. The second-order valence-corrected chi connectivity index (χ2v) is 21.3. The van der Waals surface area contributed by atoms with Gasteiger partial charge in [-0.25, -0.2) is 0 Å². The topological polar surface area (TPSA) is 46.0 Å². The van der Waals surface area contributed by atoms with Crippen molar-refractivity contribution in [2.24, 2.45) is 0 Å². The molecule has 10 heterocycles. The number of rotatable bonds is 0. The van der Waals surface area contributed by atoms with E-state index in [2.05, 4.69) is 212 Å². The molecule has 0 amide bonds. The van der Waals surface area contributed by atoms with Crippen molar-refractivity contribution in [1.29, 1.82) is 0 Å². The van der Waals surface area contributed by atoms with Gasteiger partial charge in [0.1, 0.15) is 22.3 Å². The molecule has 74 heavy (non-hydrogen) atoms. The summed E-state index contributed by atoms with van der Waals surface area (Å²) in [5.41, 5.74) is 26.0. The zero-order valence-electron chi connectivity index (χ0n) is 39.2. The summed E-state index contributed by atoms with van der Waals surface area (Å²) in [4.78, 5) is 0. The molecule has 0 fully saturated rings. The van der Waals surface area contributed by atoms with E-state index in [0.29, 0.717) is 0 Å². The summed E-state index contributed by atoms with van der Waals surface area (Å²) in [6, 6.07) is 72.7. The van der Waals surface area contributed by atoms with E-state index in [-0.39, 0.29) is 13.7 Å². The molecule has 11 aromatic carbocycles. The highest BCUT2D eigenvalue weighted by molar-refractivity contribution is 6.94. The molecule has 0 atom stereocenters. The fourth-order valence-corrected chi connectivity index (χ4v) is 15.8. The lowest BCUT2D eigenvalue weighted by atomic mass is 9.41. The molecule has 334 valence electrons. The molecule has 0 bridgehead atoms. The molecule has 0 radical (unpaired) electrons. The number of furan rings is 2. The van der Waals surface area contributed by atoms with Crippen LogP contribution in [0.4, 0.5) is 0 Å². The number of hydrogen-bond acceptors (Lipinski definition) is 2. The van der Waals surface area contributed by atoms with Gasteiger partial charge in [-0.05, 0) is 64.3 Å². The van der Waals surface area contributed by atoms with Crippen LogP contribution in [0, 0.1) is 0 Å². The predicted molar refractivity (Wildman–Crippen MR) is 307 cm³/mol. The molecule has 6 nitrogen and oxygen atoms in total. The maximum Gasteiger partial charge on any atom is 0.333 e. The number of para-hydroxylation sites is 8. The van der Waals surface area contributed by atoms with Crippen molar-refractivity contribution in [3.8, 4) is 33.6 Å². The lowest BCUT2D eigenvalue weighted by Crippen LogP contribution is -2.60. The Kier molecular flexibility index (Phi) is 5.80. The molecule has 0 spiro atoms. The summed E-state index contributed by atoms with van der Waals surface area (Å²) in [5.74, 6) is 0. The zero-order valence-corrected chi connectivity index (χ0v) is 39.2. The van der Waals surface area contributed by atoms with Crippen molar-refractivity contribution >= 4 is 167 Å². The quantitative estimate of drug-likeness (QED) is 0.142. The van der Waals surface area contributed by atoms with Crippen LogP contribution in [0.5, 0.6) is 0 Å². The van der Waals surface area contributed by atoms with Crippen LogP contribution in [0.1, 0.15) is 0 Å². The number of aromatic nitrogens is 4. The molecule has 8 heteroatoms. The Labute approximate surface area is 419 Å². The second-order valence-electron chi connectivity index (χ2n) is 21.3. The van der Waals surface area contributed by atoms with Gasteiger partial charge in [0.05, 0.1) is 22.1 Å². The molecule has 17 aromatic rings. The average Bonchev–Trinajstić information content (AvgIpc) is 4.32. The van der Waals surface area contributed by atoms with Gasteiger partial charge in [-0.2, -0.15) is 0 Å². The van der Waals surface area contributed by atoms with Crippen LogP contribution in [0.2, 0.25) is 0 Å². The Morgan fingerprint density at radius 2 is 0.703 bits per heavy atom. The number of fused-ring (bicyclic) bond motifs is 32. The lowest BCUT2D eigenvalue weighted by molar-refractivity contribution is 0.670. The second kappa shape index (κ2) is 11.8. The van der Waals surface area contributed by atoms with Crippen LogP contribution in [-0.4, -0.2) is 31.8 Å². The van der Waals surface area contributed by atoms with Crippen molar-refractivity contribution in [1.82, 2.24) is 18.1 Å². The van der Waals surface area contributed by atoms with Crippen molar-refractivity contribution in [2.75, 3.05) is 0 Å². The van der Waals surface area contributed by atoms with Crippen LogP contribution in [0.15, 0.2) is 203 Å². The van der Waals surface area contributed by atoms with Crippen LogP contribution in [0.25, 0.3) is 165 Å². The minimum Gasteiger partial charge on any atom is -0.455 e. The van der Waals surface area contributed by atoms with Crippen molar-refractivity contribution < 1.29 is 8.83 Å². The largest absolute Gasteiger partial charge is 0.455 e. The third-order valence-electron chi connectivity index (χ3n) is 18.3. The molecule has 0 saturated heterocycles. The number of hydrogen-bond donors (Lipinski definition) is 0. The molecule has 4 aliphatic rings. The van der Waals surface area contributed by atoms with Crippen LogP contribution in [-0.2, 0) is 0 Å². The van der Waals surface area contributed by atoms with Crippen molar-refractivity contribution in [3.63, 3.8) is 0 Å². The summed E-state index contributed by atoms with van der Waals surface area (Å²) >= 11 is 0. The van der Waals surface area contributed by atoms with Crippen LogP contribution < -0.4 is 21.9 Å². The lowest BCUT2D eigenvalue weighted by Gasteiger charge is -2.37. The van der Waals surface area contributed by atoms with Gasteiger partial charge in [0.25, 0.3) is 0 Å². The normalized spacial score (nSPS) is 13.9. The maximum absolute atomic E-state index is 7.27. The maximum atomic E-state index is 7.27. The predicted octanol–water partition coefficient (Wildman–Crippen LogP) is 13.8. The van der Waals surface area contributed by atoms with Gasteiger partial charge in [-0.3, -0.25) is 0 Å². The smallest absolute Gasteiger partial charge is 0.333 e. The number of benzene rings is 11. The Hall–Kier alpha value is -9.65. The van der Waals surface area contributed by atoms with E-state index in [1.54, 1.807) is 0 Å². The highest BCUT2D eigenvalue weighted by Crippen LogP contribution is 2.53. The van der Waals surface area contributed by atoms with Crippen LogP contribution in [0.3, 0.4) is 0 Å². The highest BCUT2D eigenvalue weighted by Gasteiger charge is 2.48. The summed E-state index contributed by atoms with van der Waals surface area (Å²) in [5, 5.41) is 14.7. The van der Waals surface area contributed by atoms with E-state index < -0.39 is 0 Å². The van der Waals surface area contributed by atoms with E-state index in [1.165, 1.54) is 153 Å². The van der Waals surface area contributed by atoms with Gasteiger partial charge in [-0.15, -0.1) is 0 Å². The van der Waals surface area contributed by atoms with Gasteiger partial charge in [-0.1, -0.05) is 152 Å². The van der Waals surface area contributed by atoms with Gasteiger partial charge in [0.2, 0.25) is 0 Å². The Balaban J connectivity index is 1.03. The van der Waals surface area contributed by atoms with E-state index in [4.69, 9.17) is 8.83 Å². The Bertz CT molecular complexity index is 5310. The highest BCUT2D eigenvalue weighted by atomic mass is 16.3. The molecule has 0 unspecified atom stereocenters. The fourth-order valence-electron chi connectivity index (χ4n) is 15.8. The van der Waals surface area contributed by atoms with E-state index in [0.717, 1.165) is 33.1 Å². The molecular weight excluding hydrogens is 902 g/mol. The first kappa shape index (κ1) is 36.3. The first-order chi connectivity index (χ1) is 36.8. The van der Waals surface area contributed by atoms with Gasteiger partial charge in [0.15, 0.2) is 0 Å². The van der Waals surface area contributed by atoms with E-state index in [1.807, 2.05) is 0 Å². The van der Waals surface area contributed by atoms with Gasteiger partial charge < -0.3 is 26.9 Å². The first-order valence-corrected chi connectivity index (χ1v) is 25.8.